The van der Waals surface area contributed by atoms with Crippen LogP contribution in [0.15, 0.2) is 65.6 Å². The zero-order valence-corrected chi connectivity index (χ0v) is 21.3. The summed E-state index contributed by atoms with van der Waals surface area (Å²) in [6.07, 6.45) is 0. The molecule has 0 heterocycles. The van der Waals surface area contributed by atoms with Crippen molar-refractivity contribution >= 4 is 27.3 Å². The zero-order valence-electron chi connectivity index (χ0n) is 20.5. The number of aryl methyl sites for hydroxylation is 2. The average molecular weight is 499 g/mol. The molecular formula is C26H30N2O6S. The lowest BCUT2D eigenvalue weighted by molar-refractivity contribution is -0.114. The molecular weight excluding hydrogens is 468 g/mol. The molecule has 186 valence electrons. The van der Waals surface area contributed by atoms with Crippen LogP contribution < -0.4 is 23.8 Å². The molecule has 3 aromatic rings. The number of ether oxygens (including phenoxy) is 3. The Labute approximate surface area is 206 Å². The lowest BCUT2D eigenvalue weighted by Crippen LogP contribution is -2.38. The Balaban J connectivity index is 2.01. The summed E-state index contributed by atoms with van der Waals surface area (Å²) in [5.74, 6) is 0.784. The van der Waals surface area contributed by atoms with Crippen LogP contribution in [-0.2, 0) is 14.8 Å². The Hall–Kier alpha value is -3.72. The normalized spacial score (nSPS) is 11.0. The van der Waals surface area contributed by atoms with Gasteiger partial charge >= 0.3 is 0 Å². The number of nitrogens with one attached hydrogen (secondary N) is 1. The summed E-state index contributed by atoms with van der Waals surface area (Å²) in [4.78, 5) is 13.0. The second kappa shape index (κ2) is 11.1. The molecule has 0 aliphatic carbocycles. The van der Waals surface area contributed by atoms with Crippen molar-refractivity contribution < 1.29 is 27.4 Å². The third-order valence-electron chi connectivity index (χ3n) is 5.41. The number of sulfonamides is 1. The van der Waals surface area contributed by atoms with Crippen LogP contribution in [0.3, 0.4) is 0 Å². The van der Waals surface area contributed by atoms with Crippen LogP contribution in [0.25, 0.3) is 0 Å². The van der Waals surface area contributed by atoms with Crippen molar-refractivity contribution in [2.75, 3.05) is 37.0 Å². The third-order valence-corrected chi connectivity index (χ3v) is 7.18. The van der Waals surface area contributed by atoms with Crippen molar-refractivity contribution in [1.29, 1.82) is 0 Å². The average Bonchev–Trinajstić information content (AvgIpc) is 2.85. The molecule has 0 saturated heterocycles. The van der Waals surface area contributed by atoms with Gasteiger partial charge in [0.2, 0.25) is 5.91 Å². The monoisotopic (exact) mass is 498 g/mol. The minimum absolute atomic E-state index is 0.0380. The van der Waals surface area contributed by atoms with Crippen molar-refractivity contribution in [2.45, 2.75) is 25.7 Å². The summed E-state index contributed by atoms with van der Waals surface area (Å²) < 4.78 is 44.6. The number of anilines is 2. The van der Waals surface area contributed by atoms with Gasteiger partial charge in [0.1, 0.15) is 12.3 Å². The molecule has 0 fully saturated rings. The summed E-state index contributed by atoms with van der Waals surface area (Å²) in [6, 6.07) is 16.5. The van der Waals surface area contributed by atoms with Crippen molar-refractivity contribution in [1.82, 2.24) is 0 Å². The number of para-hydroxylation sites is 1. The van der Waals surface area contributed by atoms with Gasteiger partial charge in [-0.1, -0.05) is 18.2 Å². The van der Waals surface area contributed by atoms with E-state index < -0.39 is 22.5 Å². The number of hydrogen-bond donors (Lipinski definition) is 1. The lowest BCUT2D eigenvalue weighted by Gasteiger charge is -2.25. The number of amides is 1. The van der Waals surface area contributed by atoms with E-state index in [1.54, 1.807) is 24.3 Å². The molecule has 1 amide bonds. The topological polar surface area (TPSA) is 94.2 Å². The molecule has 0 saturated carbocycles. The highest BCUT2D eigenvalue weighted by Crippen LogP contribution is 2.33. The Morgan fingerprint density at radius 1 is 0.914 bits per heavy atom. The molecule has 0 spiro atoms. The van der Waals surface area contributed by atoms with E-state index in [-0.39, 0.29) is 10.6 Å². The molecule has 3 rings (SSSR count). The highest BCUT2D eigenvalue weighted by molar-refractivity contribution is 7.92. The van der Waals surface area contributed by atoms with Crippen LogP contribution in [0.5, 0.6) is 17.2 Å². The van der Waals surface area contributed by atoms with Crippen molar-refractivity contribution in [3.63, 3.8) is 0 Å². The van der Waals surface area contributed by atoms with Gasteiger partial charge in [0.15, 0.2) is 11.5 Å². The van der Waals surface area contributed by atoms with E-state index >= 15 is 0 Å². The molecule has 0 aliphatic rings. The first-order chi connectivity index (χ1) is 16.7. The van der Waals surface area contributed by atoms with Gasteiger partial charge in [-0.25, -0.2) is 8.42 Å². The van der Waals surface area contributed by atoms with Crippen LogP contribution in [0.1, 0.15) is 18.1 Å². The molecule has 0 bridgehead atoms. The summed E-state index contributed by atoms with van der Waals surface area (Å²) >= 11 is 0. The van der Waals surface area contributed by atoms with Crippen LogP contribution in [-0.4, -0.2) is 41.7 Å². The summed E-state index contributed by atoms with van der Waals surface area (Å²) in [5, 5.41) is 2.86. The fraction of sp³-hybridized carbons (Fsp3) is 0.269. The van der Waals surface area contributed by atoms with Gasteiger partial charge in [0.05, 0.1) is 31.4 Å². The fourth-order valence-electron chi connectivity index (χ4n) is 3.62. The quantitative estimate of drug-likeness (QED) is 0.441. The van der Waals surface area contributed by atoms with Gasteiger partial charge in [-0.2, -0.15) is 0 Å². The number of carbonyl (C=O) groups excluding carboxylic acids is 1. The van der Waals surface area contributed by atoms with Crippen LogP contribution >= 0.6 is 0 Å². The molecule has 3 aromatic carbocycles. The van der Waals surface area contributed by atoms with Gasteiger partial charge in [0.25, 0.3) is 10.0 Å². The molecule has 0 aromatic heterocycles. The summed E-state index contributed by atoms with van der Waals surface area (Å²) in [7, 11) is -1.25. The Morgan fingerprint density at radius 3 is 2.11 bits per heavy atom. The molecule has 0 aliphatic heterocycles. The predicted octanol–water partition coefficient (Wildman–Crippen LogP) is 4.55. The molecule has 9 heteroatoms. The molecule has 8 nitrogen and oxygen atoms in total. The van der Waals surface area contributed by atoms with Crippen LogP contribution in [0, 0.1) is 13.8 Å². The van der Waals surface area contributed by atoms with E-state index in [1.165, 1.54) is 32.4 Å². The Morgan fingerprint density at radius 2 is 1.54 bits per heavy atom. The lowest BCUT2D eigenvalue weighted by atomic mass is 10.1. The van der Waals surface area contributed by atoms with Crippen molar-refractivity contribution in [3.05, 3.63) is 71.8 Å². The van der Waals surface area contributed by atoms with Gasteiger partial charge in [-0.05, 0) is 68.3 Å². The number of carbonyl (C=O) groups is 1. The number of nitrogens with zero attached hydrogens (tertiary/aromatic N) is 1. The first kappa shape index (κ1) is 25.9. The van der Waals surface area contributed by atoms with Gasteiger partial charge < -0.3 is 19.5 Å². The van der Waals surface area contributed by atoms with Crippen LogP contribution in [0.4, 0.5) is 11.4 Å². The summed E-state index contributed by atoms with van der Waals surface area (Å²) in [6.45, 7) is 5.67. The molecule has 0 unspecified atom stereocenters. The minimum atomic E-state index is -4.15. The van der Waals surface area contributed by atoms with E-state index in [9.17, 15) is 13.2 Å². The maximum absolute atomic E-state index is 13.8. The minimum Gasteiger partial charge on any atom is -0.494 e. The second-order valence-corrected chi connectivity index (χ2v) is 9.63. The number of hydrogen-bond acceptors (Lipinski definition) is 6. The molecule has 0 atom stereocenters. The van der Waals surface area contributed by atoms with Gasteiger partial charge in [0, 0.05) is 11.8 Å². The standard InChI is InChI=1S/C26H30N2O6S/c1-6-34-21-12-10-20(11-13-21)28(17-25(29)27-26-18(2)8-7-9-19(26)3)35(30,31)22-14-15-23(32-4)24(16-22)33-5/h7-16H,6,17H2,1-5H3,(H,27,29). The van der Waals surface area contributed by atoms with Crippen molar-refractivity contribution in [2.24, 2.45) is 0 Å². The number of methoxy groups -OCH3 is 2. The number of benzene rings is 3. The third kappa shape index (κ3) is 5.86. The Kier molecular flexibility index (Phi) is 8.24. The van der Waals surface area contributed by atoms with Crippen molar-refractivity contribution in [3.8, 4) is 17.2 Å². The van der Waals surface area contributed by atoms with Gasteiger partial charge in [-0.15, -0.1) is 0 Å². The highest BCUT2D eigenvalue weighted by atomic mass is 32.2. The van der Waals surface area contributed by atoms with E-state index in [0.29, 0.717) is 29.5 Å². The maximum Gasteiger partial charge on any atom is 0.264 e. The Bertz CT molecular complexity index is 1270. The SMILES string of the molecule is CCOc1ccc(N(CC(=O)Nc2c(C)cccc2C)S(=O)(=O)c2ccc(OC)c(OC)c2)cc1. The number of rotatable bonds is 10. The highest BCUT2D eigenvalue weighted by Gasteiger charge is 2.28. The van der Waals surface area contributed by atoms with E-state index in [0.717, 1.165) is 15.4 Å². The fourth-order valence-corrected chi connectivity index (χ4v) is 5.05. The maximum atomic E-state index is 13.8. The first-order valence-corrected chi connectivity index (χ1v) is 12.5. The molecule has 0 radical (unpaired) electrons. The van der Waals surface area contributed by atoms with Crippen LogP contribution in [0.2, 0.25) is 0 Å². The largest absolute Gasteiger partial charge is 0.494 e. The molecule has 35 heavy (non-hydrogen) atoms. The second-order valence-electron chi connectivity index (χ2n) is 7.77. The van der Waals surface area contributed by atoms with E-state index in [1.807, 2.05) is 39.0 Å². The molecule has 1 N–H and O–H groups in total. The smallest absolute Gasteiger partial charge is 0.264 e. The van der Waals surface area contributed by atoms with E-state index in [2.05, 4.69) is 5.32 Å². The summed E-state index contributed by atoms with van der Waals surface area (Å²) in [5.41, 5.74) is 2.75. The van der Waals surface area contributed by atoms with E-state index in [4.69, 9.17) is 14.2 Å². The predicted molar refractivity (Wildman–Crippen MR) is 136 cm³/mol. The first-order valence-electron chi connectivity index (χ1n) is 11.0. The van der Waals surface area contributed by atoms with Gasteiger partial charge in [-0.3, -0.25) is 9.10 Å². The zero-order chi connectivity index (χ0) is 25.6.